The van der Waals surface area contributed by atoms with E-state index in [-0.39, 0.29) is 30.9 Å². The van der Waals surface area contributed by atoms with Crippen molar-refractivity contribution in [2.75, 3.05) is 35.3 Å². The number of esters is 2. The van der Waals surface area contributed by atoms with Crippen LogP contribution >= 0.6 is 0 Å². The summed E-state index contributed by atoms with van der Waals surface area (Å²) in [6.07, 6.45) is -1.89. The van der Waals surface area contributed by atoms with Gasteiger partial charge in [0, 0.05) is 39.3 Å². The fourth-order valence-corrected chi connectivity index (χ4v) is 9.39. The molecule has 4 heterocycles. The van der Waals surface area contributed by atoms with Crippen molar-refractivity contribution in [2.24, 2.45) is 11.8 Å². The summed E-state index contributed by atoms with van der Waals surface area (Å²) in [5.41, 5.74) is -1.50. The SMILES string of the molecule is CO[C@@H]1[C@@H](O[C@@H]2O[C@H](C)[C@@H](O[C@H]3C[C@@](C)(O)[C@@H](O)[C@H](C)O3)[C@H](N(C)C)[C@H]2OC(C)=O)[C@@H](CC=O)C[C@@H](C)[C@@H](O[C@H]2CC[C@H](N(C)C)[C@@H](C)O2)C=CC=CC[C@@H](C)OC(=O)C[C@H]1O. The second kappa shape index (κ2) is 23.7. The maximum atomic E-state index is 13.2. The van der Waals surface area contributed by atoms with Crippen LogP contribution in [-0.4, -0.2) is 182 Å². The Hall–Kier alpha value is -2.39. The molecule has 0 aromatic rings. The number of cyclic esters (lactones) is 1. The largest absolute Gasteiger partial charge is 0.462 e. The van der Waals surface area contributed by atoms with Crippen molar-refractivity contribution in [1.82, 2.24) is 9.80 Å². The summed E-state index contributed by atoms with van der Waals surface area (Å²) in [6.45, 7) is 12.0. The normalized spacial score (nSPS) is 43.0. The molecule has 0 aromatic heterocycles. The third-order valence-corrected chi connectivity index (χ3v) is 12.7. The van der Waals surface area contributed by atoms with Gasteiger partial charge in [0.15, 0.2) is 25.0 Å². The van der Waals surface area contributed by atoms with Gasteiger partial charge in [-0.05, 0) is 93.9 Å². The molecule has 4 aliphatic heterocycles. The van der Waals surface area contributed by atoms with Crippen molar-refractivity contribution in [2.45, 2.75) is 197 Å². The molecule has 19 atom stereocenters. The predicted octanol–water partition coefficient (Wildman–Crippen LogP) is 2.90. The lowest BCUT2D eigenvalue weighted by Gasteiger charge is -2.50. The highest BCUT2D eigenvalue weighted by atomic mass is 16.7. The summed E-state index contributed by atoms with van der Waals surface area (Å²) in [5.74, 6) is -2.18. The van der Waals surface area contributed by atoms with E-state index in [2.05, 4.69) is 4.90 Å². The number of methoxy groups -OCH3 is 1. The molecule has 0 spiro atoms. The molecule has 17 heteroatoms. The van der Waals surface area contributed by atoms with Gasteiger partial charge in [0.05, 0.1) is 54.7 Å². The molecule has 0 aromatic carbocycles. The van der Waals surface area contributed by atoms with Gasteiger partial charge in [-0.3, -0.25) is 9.59 Å². The second-order valence-electron chi connectivity index (χ2n) is 18.4. The number of hydrogen-bond donors (Lipinski definition) is 3. The quantitative estimate of drug-likeness (QED) is 0.191. The number of likely N-dealkylation sites (N-methyl/N-ethyl adjacent to an activating group) is 2. The fourth-order valence-electron chi connectivity index (χ4n) is 9.39. The molecular formula is C45H76N2O15. The molecule has 3 N–H and O–H groups in total. The summed E-state index contributed by atoms with van der Waals surface area (Å²) in [6, 6.07) is -0.475. The van der Waals surface area contributed by atoms with Gasteiger partial charge in [0.2, 0.25) is 0 Å². The van der Waals surface area contributed by atoms with E-state index >= 15 is 0 Å². The van der Waals surface area contributed by atoms with E-state index in [0.29, 0.717) is 19.3 Å². The molecule has 62 heavy (non-hydrogen) atoms. The van der Waals surface area contributed by atoms with E-state index in [1.165, 1.54) is 21.0 Å². The molecule has 0 saturated carbocycles. The first-order valence-corrected chi connectivity index (χ1v) is 22.2. The molecule has 0 bridgehead atoms. The van der Waals surface area contributed by atoms with Crippen molar-refractivity contribution in [3.05, 3.63) is 24.3 Å². The van der Waals surface area contributed by atoms with Crippen LogP contribution < -0.4 is 0 Å². The molecule has 3 fully saturated rings. The molecule has 3 saturated heterocycles. The summed E-state index contributed by atoms with van der Waals surface area (Å²) in [7, 11) is 9.03. The maximum Gasteiger partial charge on any atom is 0.308 e. The van der Waals surface area contributed by atoms with Crippen LogP contribution in [0.2, 0.25) is 0 Å². The predicted molar refractivity (Wildman–Crippen MR) is 226 cm³/mol. The number of allylic oxidation sites excluding steroid dienone is 2. The Labute approximate surface area is 368 Å². The van der Waals surface area contributed by atoms with Gasteiger partial charge in [-0.2, -0.15) is 0 Å². The van der Waals surface area contributed by atoms with Crippen LogP contribution in [0.4, 0.5) is 0 Å². The smallest absolute Gasteiger partial charge is 0.308 e. The Morgan fingerprint density at radius 3 is 2.18 bits per heavy atom. The van der Waals surface area contributed by atoms with Gasteiger partial charge in [-0.25, -0.2) is 0 Å². The average molecular weight is 885 g/mol. The highest BCUT2D eigenvalue weighted by Crippen LogP contribution is 2.38. The molecule has 4 aliphatic rings. The standard InChI is InChI=1S/C45H76N2O15/c1-25-22-31(20-21-48)40(62-44-42(59-30(6)49)38(47(10)11)39(28(4)58-44)61-37-24-45(7,53)43(52)29(5)57-37)41(54-12)33(50)23-35(51)55-26(2)16-14-13-15-17-34(25)60-36-19-18-32(46(8)9)27(3)56-36/h13-15,17,21,25-29,31-34,36-44,50,52-53H,16,18-20,22-24H2,1-12H3/t25-,26-,27-,28-,29+,31+,32+,33-,34+,36+,37+,38+,39-,40+,41+,42-,43+,44+,45-/m1/s1. The Morgan fingerprint density at radius 1 is 0.887 bits per heavy atom. The Bertz CT molecular complexity index is 1480. The van der Waals surface area contributed by atoms with Gasteiger partial charge in [0.25, 0.3) is 0 Å². The lowest BCUT2D eigenvalue weighted by Crippen LogP contribution is -2.66. The summed E-state index contributed by atoms with van der Waals surface area (Å²) < 4.78 is 56.6. The highest BCUT2D eigenvalue weighted by molar-refractivity contribution is 5.70. The molecule has 356 valence electrons. The van der Waals surface area contributed by atoms with Crippen LogP contribution in [0.15, 0.2) is 24.3 Å². The van der Waals surface area contributed by atoms with Crippen molar-refractivity contribution < 1.29 is 72.3 Å². The molecule has 0 aliphatic carbocycles. The molecule has 0 radical (unpaired) electrons. The number of ether oxygens (including phenoxy) is 9. The van der Waals surface area contributed by atoms with Crippen LogP contribution in [0.3, 0.4) is 0 Å². The van der Waals surface area contributed by atoms with Gasteiger partial charge in [0.1, 0.15) is 30.7 Å². The first kappa shape index (κ1) is 52.2. The third-order valence-electron chi connectivity index (χ3n) is 12.7. The fraction of sp³-hybridized carbons (Fsp3) is 0.844. The van der Waals surface area contributed by atoms with Gasteiger partial charge in [-0.15, -0.1) is 0 Å². The van der Waals surface area contributed by atoms with Gasteiger partial charge in [-0.1, -0.05) is 31.2 Å². The topological polar surface area (TPSA) is 201 Å². The van der Waals surface area contributed by atoms with Crippen LogP contribution in [-0.2, 0) is 57.0 Å². The van der Waals surface area contributed by atoms with Crippen molar-refractivity contribution in [3.63, 3.8) is 0 Å². The monoisotopic (exact) mass is 885 g/mol. The summed E-state index contributed by atoms with van der Waals surface area (Å²) in [5, 5.41) is 33.3. The first-order valence-electron chi connectivity index (χ1n) is 22.2. The summed E-state index contributed by atoms with van der Waals surface area (Å²) >= 11 is 0. The van der Waals surface area contributed by atoms with Gasteiger partial charge < -0.3 is 72.5 Å². The number of nitrogens with zero attached hydrogens (tertiary/aromatic N) is 2. The van der Waals surface area contributed by atoms with Crippen molar-refractivity contribution in [1.29, 1.82) is 0 Å². The minimum Gasteiger partial charge on any atom is -0.462 e. The van der Waals surface area contributed by atoms with Crippen LogP contribution in [0.25, 0.3) is 0 Å². The number of rotatable bonds is 12. The van der Waals surface area contributed by atoms with E-state index in [1.54, 1.807) is 34.9 Å². The lowest BCUT2D eigenvalue weighted by molar-refractivity contribution is -0.344. The average Bonchev–Trinajstić information content (AvgIpc) is 3.16. The van der Waals surface area contributed by atoms with Gasteiger partial charge >= 0.3 is 11.9 Å². The Kier molecular flexibility index (Phi) is 20.0. The molecule has 0 amide bonds. The summed E-state index contributed by atoms with van der Waals surface area (Å²) in [4.78, 5) is 42.6. The Morgan fingerprint density at radius 2 is 1.58 bits per heavy atom. The molecule has 0 unspecified atom stereocenters. The minimum atomic E-state index is -1.50. The number of aliphatic hydroxyl groups excluding tert-OH is 2. The highest BCUT2D eigenvalue weighted by Gasteiger charge is 2.53. The molecule has 4 rings (SSSR count). The zero-order valence-corrected chi connectivity index (χ0v) is 38.9. The van der Waals surface area contributed by atoms with Crippen LogP contribution in [0, 0.1) is 11.8 Å². The van der Waals surface area contributed by atoms with E-state index in [0.717, 1.165) is 12.7 Å². The van der Waals surface area contributed by atoms with E-state index in [9.17, 15) is 29.7 Å². The number of aliphatic hydroxyl groups is 3. The third kappa shape index (κ3) is 14.1. The second-order valence-corrected chi connectivity index (χ2v) is 18.4. The van der Waals surface area contributed by atoms with Crippen molar-refractivity contribution >= 4 is 18.2 Å². The lowest BCUT2D eigenvalue weighted by atomic mass is 9.82. The Balaban J connectivity index is 1.73. The minimum absolute atomic E-state index is 0.0345. The number of carbonyl (C=O) groups excluding carboxylic acids is 3. The molecule has 17 nitrogen and oxygen atoms in total. The van der Waals surface area contributed by atoms with E-state index in [4.69, 9.17) is 42.6 Å². The van der Waals surface area contributed by atoms with Crippen LogP contribution in [0.1, 0.15) is 93.4 Å². The van der Waals surface area contributed by atoms with Crippen molar-refractivity contribution in [3.8, 4) is 0 Å². The van der Waals surface area contributed by atoms with E-state index < -0.39 is 116 Å². The zero-order valence-electron chi connectivity index (χ0n) is 38.9. The maximum absolute atomic E-state index is 13.2. The number of hydrogen-bond acceptors (Lipinski definition) is 17. The van der Waals surface area contributed by atoms with E-state index in [1.807, 2.05) is 57.1 Å². The number of carbonyl (C=O) groups is 3. The number of aldehydes is 1. The molecular weight excluding hydrogens is 808 g/mol. The van der Waals surface area contributed by atoms with Crippen LogP contribution in [0.5, 0.6) is 0 Å². The first-order chi connectivity index (χ1) is 29.2. The zero-order chi connectivity index (χ0) is 46.1.